The third kappa shape index (κ3) is 4.37. The van der Waals surface area contributed by atoms with Crippen LogP contribution in [-0.4, -0.2) is 22.8 Å². The van der Waals surface area contributed by atoms with E-state index in [0.29, 0.717) is 17.1 Å². The van der Waals surface area contributed by atoms with Gasteiger partial charge >= 0.3 is 6.18 Å². The summed E-state index contributed by atoms with van der Waals surface area (Å²) in [6.07, 6.45) is -3.11. The summed E-state index contributed by atoms with van der Waals surface area (Å²) < 4.78 is 45.7. The molecule has 0 spiro atoms. The molecule has 5 nitrogen and oxygen atoms in total. The molecule has 1 N–H and O–H groups in total. The van der Waals surface area contributed by atoms with Crippen molar-refractivity contribution in [3.63, 3.8) is 0 Å². The van der Waals surface area contributed by atoms with Gasteiger partial charge in [-0.2, -0.15) is 18.3 Å². The molecule has 146 valence electrons. The summed E-state index contributed by atoms with van der Waals surface area (Å²) in [6.45, 7) is 1.89. The zero-order valence-electron chi connectivity index (χ0n) is 14.9. The molecule has 27 heavy (non-hydrogen) atoms. The minimum Gasteiger partial charge on any atom is -0.495 e. The van der Waals surface area contributed by atoms with Gasteiger partial charge in [0.05, 0.1) is 30.1 Å². The van der Waals surface area contributed by atoms with Gasteiger partial charge in [0, 0.05) is 12.3 Å². The molecule has 1 fully saturated rings. The minimum atomic E-state index is -4.62. The van der Waals surface area contributed by atoms with Crippen LogP contribution in [0.4, 0.5) is 18.9 Å². The Morgan fingerprint density at radius 3 is 2.70 bits per heavy atom. The van der Waals surface area contributed by atoms with Crippen LogP contribution in [0.3, 0.4) is 0 Å². The highest BCUT2D eigenvalue weighted by atomic mass is 35.5. The second-order valence-electron chi connectivity index (χ2n) is 6.54. The predicted molar refractivity (Wildman–Crippen MR) is 95.2 cm³/mol. The molecule has 3 rings (SSSR count). The van der Waals surface area contributed by atoms with Crippen molar-refractivity contribution in [3.8, 4) is 5.75 Å². The monoisotopic (exact) mass is 401 g/mol. The number of carbonyl (C=O) groups excluding carboxylic acids is 1. The van der Waals surface area contributed by atoms with Gasteiger partial charge < -0.3 is 10.1 Å². The number of nitrogens with zero attached hydrogens (tertiary/aromatic N) is 2. The number of methoxy groups -OCH3 is 1. The summed E-state index contributed by atoms with van der Waals surface area (Å²) in [5.74, 6) is 0.135. The summed E-state index contributed by atoms with van der Waals surface area (Å²) >= 11 is 5.93. The van der Waals surface area contributed by atoms with Crippen LogP contribution in [0.2, 0.25) is 5.02 Å². The number of hydrogen-bond acceptors (Lipinski definition) is 3. The van der Waals surface area contributed by atoms with E-state index in [4.69, 9.17) is 16.3 Å². The van der Waals surface area contributed by atoms with E-state index >= 15 is 0 Å². The number of amides is 1. The Hall–Kier alpha value is -2.22. The third-order valence-electron chi connectivity index (χ3n) is 4.34. The Morgan fingerprint density at radius 1 is 1.41 bits per heavy atom. The van der Waals surface area contributed by atoms with Crippen LogP contribution in [0.25, 0.3) is 0 Å². The minimum absolute atomic E-state index is 0.0155. The van der Waals surface area contributed by atoms with E-state index in [2.05, 4.69) is 10.4 Å². The Bertz CT molecular complexity index is 860. The number of benzene rings is 1. The van der Waals surface area contributed by atoms with Crippen molar-refractivity contribution in [1.82, 2.24) is 9.78 Å². The van der Waals surface area contributed by atoms with Gasteiger partial charge in [0.1, 0.15) is 5.75 Å². The number of rotatable bonds is 6. The SMILES string of the molecule is COc1ccc(C)cc1NC(=O)CCn1nc(C(F)(F)F)c(Cl)c1C1CC1. The number of hydrogen-bond donors (Lipinski definition) is 1. The molecule has 1 aliphatic carbocycles. The third-order valence-corrected chi connectivity index (χ3v) is 4.72. The van der Waals surface area contributed by atoms with Gasteiger partial charge in [-0.15, -0.1) is 0 Å². The number of aromatic nitrogens is 2. The first-order valence-corrected chi connectivity index (χ1v) is 8.86. The Kier molecular flexibility index (Phi) is 5.37. The van der Waals surface area contributed by atoms with Crippen molar-refractivity contribution in [2.75, 3.05) is 12.4 Å². The van der Waals surface area contributed by atoms with E-state index in [1.807, 2.05) is 13.0 Å². The van der Waals surface area contributed by atoms with Gasteiger partial charge in [0.15, 0.2) is 5.69 Å². The molecule has 1 amide bonds. The predicted octanol–water partition coefficient (Wildman–Crippen LogP) is 4.78. The van der Waals surface area contributed by atoms with Crippen molar-refractivity contribution >= 4 is 23.2 Å². The van der Waals surface area contributed by atoms with Gasteiger partial charge in [-0.05, 0) is 37.5 Å². The number of nitrogens with one attached hydrogen (secondary N) is 1. The van der Waals surface area contributed by atoms with Crippen LogP contribution in [0.5, 0.6) is 5.75 Å². The second-order valence-corrected chi connectivity index (χ2v) is 6.92. The molecule has 1 aromatic carbocycles. The van der Waals surface area contributed by atoms with Crippen LogP contribution >= 0.6 is 11.6 Å². The lowest BCUT2D eigenvalue weighted by molar-refractivity contribution is -0.141. The maximum absolute atomic E-state index is 13.1. The maximum atomic E-state index is 13.1. The zero-order chi connectivity index (χ0) is 19.8. The molecule has 0 unspecified atom stereocenters. The van der Waals surface area contributed by atoms with Crippen molar-refractivity contribution in [2.45, 2.75) is 44.8 Å². The summed E-state index contributed by atoms with van der Waals surface area (Å²) in [4.78, 5) is 12.3. The van der Waals surface area contributed by atoms with Crippen molar-refractivity contribution in [2.24, 2.45) is 0 Å². The standard InChI is InChI=1S/C18H19ClF3N3O2/c1-10-3-6-13(27-2)12(9-10)23-14(26)7-8-25-16(11-4-5-11)15(19)17(24-25)18(20,21)22/h3,6,9,11H,4-5,7-8H2,1-2H3,(H,23,26). The van der Waals surface area contributed by atoms with Gasteiger partial charge in [0.2, 0.25) is 5.91 Å². The smallest absolute Gasteiger partial charge is 0.436 e. The number of halogens is 4. The first kappa shape index (κ1) is 19.5. The Morgan fingerprint density at radius 2 is 2.11 bits per heavy atom. The molecular weight excluding hydrogens is 383 g/mol. The summed E-state index contributed by atoms with van der Waals surface area (Å²) in [6, 6.07) is 5.35. The first-order chi connectivity index (χ1) is 12.7. The van der Waals surface area contributed by atoms with Gasteiger partial charge in [-0.1, -0.05) is 17.7 Å². The highest BCUT2D eigenvalue weighted by molar-refractivity contribution is 6.32. The summed E-state index contributed by atoms with van der Waals surface area (Å²) in [7, 11) is 1.49. The highest BCUT2D eigenvalue weighted by Crippen LogP contribution is 2.46. The molecular formula is C18H19ClF3N3O2. The lowest BCUT2D eigenvalue weighted by Crippen LogP contribution is -2.17. The van der Waals surface area contributed by atoms with Crippen LogP contribution in [0.15, 0.2) is 18.2 Å². The first-order valence-electron chi connectivity index (χ1n) is 8.48. The topological polar surface area (TPSA) is 56.1 Å². The molecule has 0 aliphatic heterocycles. The Balaban J connectivity index is 1.73. The fourth-order valence-electron chi connectivity index (χ4n) is 2.89. The number of alkyl halides is 3. The van der Waals surface area contributed by atoms with Crippen LogP contribution in [0.1, 0.15) is 42.1 Å². The molecule has 1 heterocycles. The normalized spacial score (nSPS) is 14.3. The van der Waals surface area contributed by atoms with E-state index in [9.17, 15) is 18.0 Å². The zero-order valence-corrected chi connectivity index (χ0v) is 15.6. The van der Waals surface area contributed by atoms with Gasteiger partial charge in [-0.25, -0.2) is 0 Å². The lowest BCUT2D eigenvalue weighted by Gasteiger charge is -2.12. The van der Waals surface area contributed by atoms with E-state index < -0.39 is 11.9 Å². The van der Waals surface area contributed by atoms with Crippen molar-refractivity contribution in [3.05, 3.63) is 40.2 Å². The van der Waals surface area contributed by atoms with E-state index in [-0.39, 0.29) is 29.8 Å². The second kappa shape index (κ2) is 7.42. The largest absolute Gasteiger partial charge is 0.495 e. The number of ether oxygens (including phenoxy) is 1. The Labute approximate surface area is 159 Å². The molecule has 1 aromatic heterocycles. The van der Waals surface area contributed by atoms with Gasteiger partial charge in [-0.3, -0.25) is 9.48 Å². The number of carbonyl (C=O) groups is 1. The van der Waals surface area contributed by atoms with E-state index in [1.54, 1.807) is 12.1 Å². The number of anilines is 1. The van der Waals surface area contributed by atoms with Crippen LogP contribution < -0.4 is 10.1 Å². The fraction of sp³-hybridized carbons (Fsp3) is 0.444. The molecule has 9 heteroatoms. The molecule has 2 aromatic rings. The van der Waals surface area contributed by atoms with E-state index in [1.165, 1.54) is 11.8 Å². The van der Waals surface area contributed by atoms with Gasteiger partial charge in [0.25, 0.3) is 0 Å². The van der Waals surface area contributed by atoms with Crippen molar-refractivity contribution < 1.29 is 22.7 Å². The quantitative estimate of drug-likeness (QED) is 0.758. The van der Waals surface area contributed by atoms with Crippen LogP contribution in [0, 0.1) is 6.92 Å². The molecule has 0 bridgehead atoms. The molecule has 1 saturated carbocycles. The lowest BCUT2D eigenvalue weighted by atomic mass is 10.2. The maximum Gasteiger partial charge on any atom is 0.436 e. The average Bonchev–Trinajstić information content (AvgIpc) is 3.35. The summed E-state index contributed by atoms with van der Waals surface area (Å²) in [5.41, 5.74) is 0.729. The average molecular weight is 402 g/mol. The molecule has 1 aliphatic rings. The highest BCUT2D eigenvalue weighted by Gasteiger charge is 2.42. The molecule has 0 radical (unpaired) electrons. The molecule has 0 saturated heterocycles. The molecule has 0 atom stereocenters. The van der Waals surface area contributed by atoms with E-state index in [0.717, 1.165) is 18.4 Å². The number of aryl methyl sites for hydroxylation is 2. The van der Waals surface area contributed by atoms with Crippen molar-refractivity contribution in [1.29, 1.82) is 0 Å². The van der Waals surface area contributed by atoms with Crippen LogP contribution in [-0.2, 0) is 17.5 Å². The summed E-state index contributed by atoms with van der Waals surface area (Å²) in [5, 5.41) is 6.00. The fourth-order valence-corrected chi connectivity index (χ4v) is 3.29.